The standard InChI is InChI=1S/C12H13N3.3ClH/c13-12-8-3-1-2-4-10(8)15-11-5-6-14-7-9(11)12;;;/h1-4,14H,5-7H2,(H2,13,15);3*1H. The Morgan fingerprint density at radius 2 is 1.83 bits per heavy atom. The number of nitrogen functional groups attached to an aromatic ring is 1. The van der Waals surface area contributed by atoms with Crippen LogP contribution in [0.5, 0.6) is 0 Å². The van der Waals surface area contributed by atoms with Crippen molar-refractivity contribution in [3.8, 4) is 0 Å². The summed E-state index contributed by atoms with van der Waals surface area (Å²) in [5, 5.41) is 4.40. The molecule has 2 aromatic rings. The summed E-state index contributed by atoms with van der Waals surface area (Å²) in [5.41, 5.74) is 10.4. The summed E-state index contributed by atoms with van der Waals surface area (Å²) in [6.45, 7) is 1.84. The van der Waals surface area contributed by atoms with Gasteiger partial charge in [-0.25, -0.2) is 0 Å². The van der Waals surface area contributed by atoms with E-state index in [0.717, 1.165) is 41.8 Å². The molecule has 0 aliphatic carbocycles. The monoisotopic (exact) mass is 307 g/mol. The first-order valence-corrected chi connectivity index (χ1v) is 5.23. The zero-order valence-corrected chi connectivity index (χ0v) is 12.1. The summed E-state index contributed by atoms with van der Waals surface area (Å²) < 4.78 is 0. The first-order chi connectivity index (χ1) is 7.36. The highest BCUT2D eigenvalue weighted by Crippen LogP contribution is 2.27. The van der Waals surface area contributed by atoms with Crippen LogP contribution in [0.25, 0.3) is 10.9 Å². The van der Waals surface area contributed by atoms with E-state index in [2.05, 4.69) is 10.3 Å². The highest BCUT2D eigenvalue weighted by atomic mass is 35.5. The predicted octanol–water partition coefficient (Wildman–Crippen LogP) is 2.73. The molecule has 0 spiro atoms. The van der Waals surface area contributed by atoms with Crippen LogP contribution in [0.1, 0.15) is 11.3 Å². The molecule has 0 fully saturated rings. The molecule has 18 heavy (non-hydrogen) atoms. The van der Waals surface area contributed by atoms with Gasteiger partial charge in [0.2, 0.25) is 0 Å². The molecule has 3 N–H and O–H groups in total. The molecule has 6 heteroatoms. The Balaban J connectivity index is 0.000000963. The minimum atomic E-state index is 0. The van der Waals surface area contributed by atoms with Gasteiger partial charge in [-0.15, -0.1) is 37.2 Å². The van der Waals surface area contributed by atoms with Crippen molar-refractivity contribution in [2.24, 2.45) is 0 Å². The first-order valence-electron chi connectivity index (χ1n) is 5.23. The summed E-state index contributed by atoms with van der Waals surface area (Å²) >= 11 is 0. The number of anilines is 1. The third kappa shape index (κ3) is 2.81. The SMILES string of the molecule is Cl.Cl.Cl.Nc1c2c(nc3ccccc13)CCNC2. The maximum Gasteiger partial charge on any atom is 0.0726 e. The predicted molar refractivity (Wildman–Crippen MR) is 83.3 cm³/mol. The fraction of sp³-hybridized carbons (Fsp3) is 0.250. The minimum absolute atomic E-state index is 0. The zero-order chi connectivity index (χ0) is 10.3. The van der Waals surface area contributed by atoms with Crippen molar-refractivity contribution in [3.63, 3.8) is 0 Å². The lowest BCUT2D eigenvalue weighted by molar-refractivity contribution is 0.634. The van der Waals surface area contributed by atoms with Gasteiger partial charge in [-0.05, 0) is 6.07 Å². The number of hydrogen-bond donors (Lipinski definition) is 2. The maximum atomic E-state index is 6.16. The lowest BCUT2D eigenvalue weighted by Crippen LogP contribution is -2.25. The van der Waals surface area contributed by atoms with Gasteiger partial charge >= 0.3 is 0 Å². The van der Waals surface area contributed by atoms with E-state index >= 15 is 0 Å². The molecule has 1 aromatic carbocycles. The molecule has 0 saturated carbocycles. The molecule has 3 rings (SSSR count). The van der Waals surface area contributed by atoms with Crippen molar-refractivity contribution in [1.82, 2.24) is 10.3 Å². The summed E-state index contributed by atoms with van der Waals surface area (Å²) in [6, 6.07) is 8.06. The van der Waals surface area contributed by atoms with Crippen LogP contribution in [0.3, 0.4) is 0 Å². The van der Waals surface area contributed by atoms with E-state index in [0.29, 0.717) is 0 Å². The largest absolute Gasteiger partial charge is 0.398 e. The maximum absolute atomic E-state index is 6.16. The molecular weight excluding hydrogens is 293 g/mol. The van der Waals surface area contributed by atoms with E-state index in [9.17, 15) is 0 Å². The smallest absolute Gasteiger partial charge is 0.0726 e. The molecule has 0 unspecified atom stereocenters. The Morgan fingerprint density at radius 3 is 2.61 bits per heavy atom. The van der Waals surface area contributed by atoms with E-state index in [4.69, 9.17) is 5.73 Å². The summed E-state index contributed by atoms with van der Waals surface area (Å²) in [6.07, 6.45) is 0.977. The Bertz CT molecular complexity index is 531. The quantitative estimate of drug-likeness (QED) is 0.787. The van der Waals surface area contributed by atoms with E-state index in [1.165, 1.54) is 5.56 Å². The summed E-state index contributed by atoms with van der Waals surface area (Å²) in [7, 11) is 0. The molecule has 0 saturated heterocycles. The Hall–Kier alpha value is -0.740. The number of nitrogens with two attached hydrogens (primary N) is 1. The van der Waals surface area contributed by atoms with E-state index in [1.54, 1.807) is 0 Å². The van der Waals surface area contributed by atoms with Gasteiger partial charge in [0.25, 0.3) is 0 Å². The van der Waals surface area contributed by atoms with Gasteiger partial charge in [-0.3, -0.25) is 4.98 Å². The highest BCUT2D eigenvalue weighted by Gasteiger charge is 2.15. The lowest BCUT2D eigenvalue weighted by Gasteiger charge is -2.19. The van der Waals surface area contributed by atoms with Gasteiger partial charge in [0.05, 0.1) is 5.52 Å². The minimum Gasteiger partial charge on any atom is -0.398 e. The summed E-state index contributed by atoms with van der Waals surface area (Å²) in [5.74, 6) is 0. The third-order valence-electron chi connectivity index (χ3n) is 2.96. The lowest BCUT2D eigenvalue weighted by atomic mass is 10.0. The van der Waals surface area contributed by atoms with Crippen molar-refractivity contribution in [2.75, 3.05) is 12.3 Å². The van der Waals surface area contributed by atoms with Gasteiger partial charge < -0.3 is 11.1 Å². The van der Waals surface area contributed by atoms with Crippen LogP contribution >= 0.6 is 37.2 Å². The van der Waals surface area contributed by atoms with Gasteiger partial charge in [0.1, 0.15) is 0 Å². The topological polar surface area (TPSA) is 50.9 Å². The highest BCUT2D eigenvalue weighted by molar-refractivity contribution is 5.92. The number of benzene rings is 1. The van der Waals surface area contributed by atoms with Crippen LogP contribution in [0.4, 0.5) is 5.69 Å². The molecule has 1 aliphatic rings. The molecule has 100 valence electrons. The first kappa shape index (κ1) is 17.3. The van der Waals surface area contributed by atoms with Crippen molar-refractivity contribution in [2.45, 2.75) is 13.0 Å². The number of halogens is 3. The third-order valence-corrected chi connectivity index (χ3v) is 2.96. The van der Waals surface area contributed by atoms with Gasteiger partial charge in [-0.1, -0.05) is 18.2 Å². The number of pyridine rings is 1. The summed E-state index contributed by atoms with van der Waals surface area (Å²) in [4.78, 5) is 4.66. The van der Waals surface area contributed by atoms with Gasteiger partial charge in [0, 0.05) is 41.8 Å². The Morgan fingerprint density at radius 1 is 1.11 bits per heavy atom. The second-order valence-electron chi connectivity index (χ2n) is 3.89. The molecule has 2 heterocycles. The molecule has 0 atom stereocenters. The van der Waals surface area contributed by atoms with E-state index in [1.807, 2.05) is 24.3 Å². The molecule has 0 bridgehead atoms. The zero-order valence-electron chi connectivity index (χ0n) is 9.68. The van der Waals surface area contributed by atoms with Crippen LogP contribution in [0, 0.1) is 0 Å². The number of hydrogen-bond acceptors (Lipinski definition) is 3. The van der Waals surface area contributed by atoms with E-state index in [-0.39, 0.29) is 37.2 Å². The fourth-order valence-electron chi connectivity index (χ4n) is 2.15. The van der Waals surface area contributed by atoms with Gasteiger partial charge in [0.15, 0.2) is 0 Å². The van der Waals surface area contributed by atoms with Gasteiger partial charge in [-0.2, -0.15) is 0 Å². The average molecular weight is 309 g/mol. The number of fused-ring (bicyclic) bond motifs is 2. The number of para-hydroxylation sites is 1. The molecule has 1 aliphatic heterocycles. The average Bonchev–Trinajstić information content (AvgIpc) is 2.30. The number of aromatic nitrogens is 1. The van der Waals surface area contributed by atoms with Crippen LogP contribution in [0.15, 0.2) is 24.3 Å². The van der Waals surface area contributed by atoms with E-state index < -0.39 is 0 Å². The normalized spacial score (nSPS) is 12.7. The number of nitrogens with one attached hydrogen (secondary N) is 1. The fourth-order valence-corrected chi connectivity index (χ4v) is 2.15. The second-order valence-corrected chi connectivity index (χ2v) is 3.89. The van der Waals surface area contributed by atoms with Crippen molar-refractivity contribution in [3.05, 3.63) is 35.5 Å². The van der Waals surface area contributed by atoms with Crippen LogP contribution in [-0.2, 0) is 13.0 Å². The Kier molecular flexibility index (Phi) is 6.71. The molecular formula is C12H16Cl3N3. The van der Waals surface area contributed by atoms with Crippen molar-refractivity contribution < 1.29 is 0 Å². The number of rotatable bonds is 0. The molecule has 1 aromatic heterocycles. The van der Waals surface area contributed by atoms with Crippen LogP contribution in [-0.4, -0.2) is 11.5 Å². The van der Waals surface area contributed by atoms with Crippen molar-refractivity contribution in [1.29, 1.82) is 0 Å². The number of nitrogens with zero attached hydrogens (tertiary/aromatic N) is 1. The molecule has 3 nitrogen and oxygen atoms in total. The Labute approximate surface area is 125 Å². The second kappa shape index (κ2) is 7.00. The van der Waals surface area contributed by atoms with Crippen LogP contribution in [0.2, 0.25) is 0 Å². The molecule has 0 amide bonds. The van der Waals surface area contributed by atoms with Crippen molar-refractivity contribution >= 4 is 53.8 Å². The molecule has 0 radical (unpaired) electrons. The van der Waals surface area contributed by atoms with Crippen LogP contribution < -0.4 is 11.1 Å².